The Kier molecular flexibility index (Phi) is 6.04. The summed E-state index contributed by atoms with van der Waals surface area (Å²) in [5.74, 6) is 1.27. The fourth-order valence-corrected chi connectivity index (χ4v) is 5.25. The van der Waals surface area contributed by atoms with Gasteiger partial charge in [-0.15, -0.1) is 0 Å². The minimum atomic E-state index is -0.0136. The van der Waals surface area contributed by atoms with Crippen LogP contribution in [0.15, 0.2) is 10.6 Å². The van der Waals surface area contributed by atoms with Crippen LogP contribution in [-0.4, -0.2) is 70.7 Å². The molecule has 0 saturated carbocycles. The number of amides is 2. The summed E-state index contributed by atoms with van der Waals surface area (Å²) in [4.78, 5) is 29.7. The summed E-state index contributed by atoms with van der Waals surface area (Å²) in [6.07, 6.45) is 9.21. The number of fused-ring (bicyclic) bond motifs is 3. The molecule has 2 aromatic rings. The quantitative estimate of drug-likeness (QED) is 0.670. The van der Waals surface area contributed by atoms with Crippen molar-refractivity contribution in [3.8, 4) is 11.3 Å². The van der Waals surface area contributed by atoms with Crippen molar-refractivity contribution in [2.75, 3.05) is 39.3 Å². The maximum absolute atomic E-state index is 12.9. The van der Waals surface area contributed by atoms with Gasteiger partial charge >= 0.3 is 0 Å². The first-order chi connectivity index (χ1) is 15.6. The second-order valence-corrected chi connectivity index (χ2v) is 9.31. The van der Waals surface area contributed by atoms with E-state index in [4.69, 9.17) is 9.52 Å². The fourth-order valence-electron chi connectivity index (χ4n) is 5.25. The van der Waals surface area contributed by atoms with Crippen molar-refractivity contribution in [2.24, 2.45) is 0 Å². The van der Waals surface area contributed by atoms with Crippen LogP contribution in [0.25, 0.3) is 11.3 Å². The van der Waals surface area contributed by atoms with Crippen molar-refractivity contribution in [1.29, 1.82) is 0 Å². The molecule has 0 radical (unpaired) electrons. The van der Waals surface area contributed by atoms with E-state index in [0.29, 0.717) is 12.3 Å². The highest BCUT2D eigenvalue weighted by atomic mass is 16.4. The van der Waals surface area contributed by atoms with Gasteiger partial charge in [0.25, 0.3) is 5.91 Å². The molecule has 0 spiro atoms. The van der Waals surface area contributed by atoms with Crippen LogP contribution in [-0.2, 0) is 24.2 Å². The molecule has 8 nitrogen and oxygen atoms in total. The molecule has 32 heavy (non-hydrogen) atoms. The Morgan fingerprint density at radius 3 is 2.62 bits per heavy atom. The van der Waals surface area contributed by atoms with Crippen LogP contribution in [0, 0.1) is 6.92 Å². The summed E-state index contributed by atoms with van der Waals surface area (Å²) in [6, 6.07) is 0. The first-order valence-corrected chi connectivity index (χ1v) is 12.1. The number of rotatable bonds is 7. The molecule has 2 aromatic heterocycles. The van der Waals surface area contributed by atoms with Crippen molar-refractivity contribution in [1.82, 2.24) is 24.9 Å². The highest BCUT2D eigenvalue weighted by Gasteiger charge is 2.32. The van der Waals surface area contributed by atoms with Crippen LogP contribution < -0.4 is 5.32 Å². The zero-order valence-corrected chi connectivity index (χ0v) is 19.0. The number of aryl methyl sites for hydroxylation is 2. The monoisotopic (exact) mass is 439 g/mol. The third-order valence-electron chi connectivity index (χ3n) is 6.98. The Morgan fingerprint density at radius 1 is 1.09 bits per heavy atom. The molecular weight excluding hydrogens is 406 g/mol. The zero-order valence-electron chi connectivity index (χ0n) is 19.0. The molecule has 0 atom stereocenters. The van der Waals surface area contributed by atoms with Gasteiger partial charge in [0.1, 0.15) is 12.3 Å². The van der Waals surface area contributed by atoms with Crippen LogP contribution in [0.1, 0.15) is 59.5 Å². The lowest BCUT2D eigenvalue weighted by Gasteiger charge is -2.14. The number of likely N-dealkylation sites (tertiary alicyclic amines) is 2. The number of nitrogens with zero attached hydrogens (tertiary/aromatic N) is 4. The molecule has 8 heteroatoms. The van der Waals surface area contributed by atoms with Crippen LogP contribution in [0.5, 0.6) is 0 Å². The molecule has 1 N–H and O–H groups in total. The van der Waals surface area contributed by atoms with E-state index in [9.17, 15) is 9.59 Å². The smallest absolute Gasteiger partial charge is 0.289 e. The van der Waals surface area contributed by atoms with Gasteiger partial charge in [-0.2, -0.15) is 5.10 Å². The molecule has 3 aliphatic rings. The van der Waals surface area contributed by atoms with E-state index in [-0.39, 0.29) is 18.4 Å². The predicted octanol–water partition coefficient (Wildman–Crippen LogP) is 2.39. The Balaban J connectivity index is 1.23. The Morgan fingerprint density at radius 2 is 1.84 bits per heavy atom. The number of furan rings is 1. The zero-order chi connectivity index (χ0) is 22.1. The number of hydrogen-bond acceptors (Lipinski definition) is 5. The van der Waals surface area contributed by atoms with Gasteiger partial charge in [0.05, 0.1) is 5.69 Å². The highest BCUT2D eigenvalue weighted by Crippen LogP contribution is 2.38. The molecule has 0 aromatic carbocycles. The van der Waals surface area contributed by atoms with E-state index in [1.165, 1.54) is 25.9 Å². The molecule has 2 amide bonds. The van der Waals surface area contributed by atoms with Crippen molar-refractivity contribution in [3.63, 3.8) is 0 Å². The predicted molar refractivity (Wildman–Crippen MR) is 121 cm³/mol. The summed E-state index contributed by atoms with van der Waals surface area (Å²) < 4.78 is 7.77. The fraction of sp³-hybridized carbons (Fsp3) is 0.625. The standard InChI is InChI=1S/C24H33N5O3/c1-17-21-19(32-23(17)24(31)28-13-4-5-14-28)8-7-18-15-29(26-22(18)21)16-20(30)25-9-6-12-27-10-2-3-11-27/h15H,2-14,16H2,1H3,(H,25,30). The molecular formula is C24H33N5O3. The number of carbonyl (C=O) groups excluding carboxylic acids is 2. The van der Waals surface area contributed by atoms with E-state index >= 15 is 0 Å². The highest BCUT2D eigenvalue weighted by molar-refractivity contribution is 5.95. The largest absolute Gasteiger partial charge is 0.455 e. The lowest BCUT2D eigenvalue weighted by Crippen LogP contribution is -2.31. The molecule has 172 valence electrons. The van der Waals surface area contributed by atoms with E-state index in [1.54, 1.807) is 4.68 Å². The van der Waals surface area contributed by atoms with Gasteiger partial charge in [0.15, 0.2) is 5.76 Å². The van der Waals surface area contributed by atoms with Gasteiger partial charge in [-0.05, 0) is 70.6 Å². The number of hydrogen-bond donors (Lipinski definition) is 1. The second kappa shape index (κ2) is 9.10. The number of carbonyl (C=O) groups is 2. The minimum absolute atomic E-state index is 0.0105. The number of nitrogens with one attached hydrogen (secondary N) is 1. The van der Waals surface area contributed by atoms with Crippen molar-refractivity contribution in [3.05, 3.63) is 28.8 Å². The van der Waals surface area contributed by atoms with Gasteiger partial charge in [-0.3, -0.25) is 14.3 Å². The van der Waals surface area contributed by atoms with Crippen LogP contribution in [0.3, 0.4) is 0 Å². The van der Waals surface area contributed by atoms with E-state index in [0.717, 1.165) is 79.9 Å². The SMILES string of the molecule is Cc1c(C(=O)N2CCCC2)oc2c1-c1nn(CC(=O)NCCCN3CCCC3)cc1CC2. The number of aromatic nitrogens is 2. The van der Waals surface area contributed by atoms with Gasteiger partial charge < -0.3 is 19.5 Å². The Bertz CT molecular complexity index is 996. The maximum atomic E-state index is 12.9. The summed E-state index contributed by atoms with van der Waals surface area (Å²) >= 11 is 0. The van der Waals surface area contributed by atoms with Crippen LogP contribution in [0.2, 0.25) is 0 Å². The van der Waals surface area contributed by atoms with Crippen molar-refractivity contribution in [2.45, 2.75) is 58.4 Å². The Labute approximate surface area is 188 Å². The Hall–Kier alpha value is -2.61. The molecule has 2 saturated heterocycles. The summed E-state index contributed by atoms with van der Waals surface area (Å²) in [5.41, 5.74) is 3.78. The van der Waals surface area contributed by atoms with Gasteiger partial charge in [0.2, 0.25) is 5.91 Å². The second-order valence-electron chi connectivity index (χ2n) is 9.31. The van der Waals surface area contributed by atoms with Gasteiger partial charge in [-0.1, -0.05) is 0 Å². The molecule has 0 bridgehead atoms. The van der Waals surface area contributed by atoms with E-state index in [1.807, 2.05) is 18.0 Å². The summed E-state index contributed by atoms with van der Waals surface area (Å²) in [5, 5.41) is 7.74. The third-order valence-corrected chi connectivity index (χ3v) is 6.98. The summed E-state index contributed by atoms with van der Waals surface area (Å²) in [7, 11) is 0. The molecule has 2 fully saturated rings. The summed E-state index contributed by atoms with van der Waals surface area (Å²) in [6.45, 7) is 7.89. The molecule has 2 aliphatic heterocycles. The van der Waals surface area contributed by atoms with Crippen LogP contribution >= 0.6 is 0 Å². The minimum Gasteiger partial charge on any atom is -0.455 e. The average Bonchev–Trinajstić information content (AvgIpc) is 3.57. The van der Waals surface area contributed by atoms with Gasteiger partial charge in [-0.25, -0.2) is 0 Å². The molecule has 1 aliphatic carbocycles. The van der Waals surface area contributed by atoms with Crippen LogP contribution in [0.4, 0.5) is 0 Å². The van der Waals surface area contributed by atoms with Crippen molar-refractivity contribution >= 4 is 11.8 Å². The topological polar surface area (TPSA) is 83.6 Å². The normalized spacial score (nSPS) is 18.1. The van der Waals surface area contributed by atoms with E-state index in [2.05, 4.69) is 10.2 Å². The van der Waals surface area contributed by atoms with Crippen molar-refractivity contribution < 1.29 is 14.0 Å². The first-order valence-electron chi connectivity index (χ1n) is 12.1. The molecule has 5 rings (SSSR count). The van der Waals surface area contributed by atoms with Gasteiger partial charge in [0, 0.05) is 43.4 Å². The molecule has 0 unspecified atom stereocenters. The van der Waals surface area contributed by atoms with E-state index < -0.39 is 0 Å². The molecule has 4 heterocycles. The lowest BCUT2D eigenvalue weighted by atomic mass is 9.93. The average molecular weight is 440 g/mol. The lowest BCUT2D eigenvalue weighted by molar-refractivity contribution is -0.121. The maximum Gasteiger partial charge on any atom is 0.289 e. The third kappa shape index (κ3) is 4.20. The first kappa shape index (κ1) is 21.2.